The summed E-state index contributed by atoms with van der Waals surface area (Å²) in [7, 11) is 1.97. The highest BCUT2D eigenvalue weighted by atomic mass is 16.3. The lowest BCUT2D eigenvalue weighted by Crippen LogP contribution is -2.46. The molecule has 0 saturated carbocycles. The first-order valence-corrected chi connectivity index (χ1v) is 11.6. The summed E-state index contributed by atoms with van der Waals surface area (Å²) in [6.07, 6.45) is 6.99. The Labute approximate surface area is 192 Å². The Morgan fingerprint density at radius 2 is 1.97 bits per heavy atom. The summed E-state index contributed by atoms with van der Waals surface area (Å²) in [6.45, 7) is 4.61. The fourth-order valence-electron chi connectivity index (χ4n) is 5.54. The maximum absolute atomic E-state index is 10.9. The first kappa shape index (κ1) is 20.5. The topological polar surface area (TPSA) is 84.0 Å². The Bertz CT molecular complexity index is 1310. The van der Waals surface area contributed by atoms with Crippen molar-refractivity contribution >= 4 is 10.9 Å². The maximum Gasteiger partial charge on any atom is 0.163 e. The highest BCUT2D eigenvalue weighted by Crippen LogP contribution is 2.44. The number of nitrogens with zero attached hydrogens (tertiary/aromatic N) is 6. The second-order valence-electron chi connectivity index (χ2n) is 9.46. The monoisotopic (exact) mass is 443 g/mol. The van der Waals surface area contributed by atoms with E-state index in [9.17, 15) is 5.11 Å². The van der Waals surface area contributed by atoms with Gasteiger partial charge in [-0.1, -0.05) is 18.2 Å². The van der Waals surface area contributed by atoms with Crippen molar-refractivity contribution in [3.63, 3.8) is 0 Å². The second-order valence-corrected chi connectivity index (χ2v) is 9.46. The third-order valence-corrected chi connectivity index (χ3v) is 7.39. The van der Waals surface area contributed by atoms with Crippen molar-refractivity contribution in [1.82, 2.24) is 34.5 Å². The molecule has 33 heavy (non-hydrogen) atoms. The Morgan fingerprint density at radius 1 is 1.12 bits per heavy atom. The van der Waals surface area contributed by atoms with Gasteiger partial charge < -0.3 is 9.67 Å². The van der Waals surface area contributed by atoms with Crippen LogP contribution in [0.25, 0.3) is 22.2 Å². The van der Waals surface area contributed by atoms with Gasteiger partial charge >= 0.3 is 0 Å². The zero-order valence-corrected chi connectivity index (χ0v) is 19.0. The van der Waals surface area contributed by atoms with E-state index < -0.39 is 6.35 Å². The molecule has 0 amide bonds. The minimum Gasteiger partial charge on any atom is -0.365 e. The van der Waals surface area contributed by atoms with Crippen LogP contribution in [0.15, 0.2) is 55.0 Å². The number of nitrogens with one attached hydrogen (secondary N) is 1. The SMILES string of the molecule is CC(NC(O)N1CCC2(CCn3nc(-c4cnc5ccccc5c4)cc32)C1)c1nccn1C. The molecular weight excluding hydrogens is 414 g/mol. The molecule has 2 aliphatic rings. The zero-order chi connectivity index (χ0) is 22.6. The quantitative estimate of drug-likeness (QED) is 0.462. The molecule has 3 atom stereocenters. The number of aromatic nitrogens is 5. The Balaban J connectivity index is 1.21. The molecular formula is C25H29N7O. The average Bonchev–Trinajstić information content (AvgIpc) is 3.59. The van der Waals surface area contributed by atoms with Crippen LogP contribution in [0.2, 0.25) is 0 Å². The van der Waals surface area contributed by atoms with Crippen LogP contribution in [0.5, 0.6) is 0 Å². The van der Waals surface area contributed by atoms with E-state index in [0.717, 1.165) is 60.5 Å². The summed E-state index contributed by atoms with van der Waals surface area (Å²) in [5, 5.41) is 20.3. The molecule has 8 nitrogen and oxygen atoms in total. The first-order chi connectivity index (χ1) is 16.0. The highest BCUT2D eigenvalue weighted by Gasteiger charge is 2.47. The molecule has 5 heterocycles. The van der Waals surface area contributed by atoms with Gasteiger partial charge in [0.15, 0.2) is 6.35 Å². The van der Waals surface area contributed by atoms with Gasteiger partial charge in [0.25, 0.3) is 0 Å². The van der Waals surface area contributed by atoms with E-state index in [2.05, 4.69) is 43.1 Å². The number of aliphatic hydroxyl groups is 1. The highest BCUT2D eigenvalue weighted by molar-refractivity contribution is 5.82. The van der Waals surface area contributed by atoms with Crippen LogP contribution in [0.4, 0.5) is 0 Å². The fraction of sp³-hybridized carbons (Fsp3) is 0.400. The van der Waals surface area contributed by atoms with E-state index in [0.29, 0.717) is 0 Å². The molecule has 1 fully saturated rings. The van der Waals surface area contributed by atoms with Crippen LogP contribution in [0.1, 0.15) is 37.3 Å². The molecule has 2 N–H and O–H groups in total. The number of aryl methyl sites for hydroxylation is 2. The van der Waals surface area contributed by atoms with Crippen molar-refractivity contribution in [3.8, 4) is 11.3 Å². The van der Waals surface area contributed by atoms with Crippen molar-refractivity contribution < 1.29 is 5.11 Å². The fourth-order valence-corrected chi connectivity index (χ4v) is 5.54. The molecule has 170 valence electrons. The number of rotatable bonds is 5. The number of fused-ring (bicyclic) bond motifs is 3. The van der Waals surface area contributed by atoms with Gasteiger partial charge in [-0.2, -0.15) is 5.10 Å². The van der Waals surface area contributed by atoms with E-state index in [1.54, 1.807) is 6.20 Å². The lowest BCUT2D eigenvalue weighted by Gasteiger charge is -2.29. The molecule has 1 saturated heterocycles. The number of likely N-dealkylation sites (tertiary alicyclic amines) is 1. The van der Waals surface area contributed by atoms with Gasteiger partial charge in [0.1, 0.15) is 5.82 Å². The Morgan fingerprint density at radius 3 is 2.82 bits per heavy atom. The standard InChI is InChI=1S/C25H29N7O/c1-17(23-26-9-12-30(23)2)28-24(33)31-10-7-25(16-31)8-11-32-22(25)14-21(29-32)19-13-18-5-3-4-6-20(18)27-15-19/h3-6,9,12-15,17,24,28,33H,7-8,10-11,16H2,1-2H3. The van der Waals surface area contributed by atoms with Gasteiger partial charge in [-0.05, 0) is 38.0 Å². The molecule has 3 unspecified atom stereocenters. The van der Waals surface area contributed by atoms with E-state index in [1.165, 1.54) is 5.69 Å². The maximum atomic E-state index is 10.9. The Kier molecular flexibility index (Phi) is 4.83. The van der Waals surface area contributed by atoms with Crippen LogP contribution in [0, 0.1) is 0 Å². The summed E-state index contributed by atoms with van der Waals surface area (Å²) >= 11 is 0. The number of benzene rings is 1. The van der Waals surface area contributed by atoms with E-state index in [4.69, 9.17) is 5.10 Å². The average molecular weight is 444 g/mol. The third-order valence-electron chi connectivity index (χ3n) is 7.39. The number of imidazole rings is 1. The van der Waals surface area contributed by atoms with Crippen LogP contribution >= 0.6 is 0 Å². The molecule has 1 spiro atoms. The summed E-state index contributed by atoms with van der Waals surface area (Å²) in [4.78, 5) is 11.2. The largest absolute Gasteiger partial charge is 0.365 e. The number of hydrogen-bond donors (Lipinski definition) is 2. The van der Waals surface area contributed by atoms with Crippen molar-refractivity contribution in [2.75, 3.05) is 13.1 Å². The third kappa shape index (κ3) is 3.45. The first-order valence-electron chi connectivity index (χ1n) is 11.6. The molecule has 1 aromatic carbocycles. The van der Waals surface area contributed by atoms with Gasteiger partial charge in [-0.15, -0.1) is 0 Å². The number of pyridine rings is 1. The summed E-state index contributed by atoms with van der Waals surface area (Å²) in [6, 6.07) is 12.5. The van der Waals surface area contributed by atoms with Crippen LogP contribution in [-0.4, -0.2) is 53.8 Å². The minimum atomic E-state index is -0.711. The summed E-state index contributed by atoms with van der Waals surface area (Å²) in [5.74, 6) is 0.913. The predicted molar refractivity (Wildman–Crippen MR) is 126 cm³/mol. The molecule has 6 rings (SSSR count). The normalized spacial score (nSPS) is 22.3. The lowest BCUT2D eigenvalue weighted by molar-refractivity contribution is -0.0191. The van der Waals surface area contributed by atoms with E-state index in [1.807, 2.05) is 49.1 Å². The zero-order valence-electron chi connectivity index (χ0n) is 19.0. The summed E-state index contributed by atoms with van der Waals surface area (Å²) < 4.78 is 4.14. The molecule has 0 bridgehead atoms. The second kappa shape index (κ2) is 7.76. The smallest absolute Gasteiger partial charge is 0.163 e. The van der Waals surface area contributed by atoms with Gasteiger partial charge in [-0.25, -0.2) is 4.98 Å². The molecule has 8 heteroatoms. The van der Waals surface area contributed by atoms with Crippen LogP contribution < -0.4 is 5.32 Å². The van der Waals surface area contributed by atoms with Crippen LogP contribution in [-0.2, 0) is 19.0 Å². The lowest BCUT2D eigenvalue weighted by atomic mass is 9.82. The molecule has 4 aromatic rings. The van der Waals surface area contributed by atoms with Crippen LogP contribution in [0.3, 0.4) is 0 Å². The van der Waals surface area contributed by atoms with Crippen molar-refractivity contribution in [2.45, 2.75) is 44.1 Å². The summed E-state index contributed by atoms with van der Waals surface area (Å²) in [5.41, 5.74) is 4.33. The van der Waals surface area contributed by atoms with Gasteiger partial charge in [0.2, 0.25) is 0 Å². The van der Waals surface area contributed by atoms with Crippen molar-refractivity contribution in [2.24, 2.45) is 7.05 Å². The van der Waals surface area contributed by atoms with Gasteiger partial charge in [0, 0.05) is 67.3 Å². The predicted octanol–water partition coefficient (Wildman–Crippen LogP) is 2.81. The number of para-hydroxylation sites is 1. The molecule has 0 aliphatic carbocycles. The minimum absolute atomic E-state index is 0.0324. The number of aliphatic hydroxyl groups excluding tert-OH is 1. The van der Waals surface area contributed by atoms with E-state index >= 15 is 0 Å². The molecule has 2 aliphatic heterocycles. The molecule has 0 radical (unpaired) electrons. The molecule has 3 aromatic heterocycles. The van der Waals surface area contributed by atoms with Crippen molar-refractivity contribution in [3.05, 3.63) is 66.5 Å². The van der Waals surface area contributed by atoms with Crippen molar-refractivity contribution in [1.29, 1.82) is 0 Å². The van der Waals surface area contributed by atoms with Gasteiger partial charge in [-0.3, -0.25) is 19.9 Å². The van der Waals surface area contributed by atoms with E-state index in [-0.39, 0.29) is 11.5 Å². The number of hydrogen-bond acceptors (Lipinski definition) is 6. The van der Waals surface area contributed by atoms with Gasteiger partial charge in [0.05, 0.1) is 17.3 Å². The Hall–Kier alpha value is -3.07.